The topological polar surface area (TPSA) is 139 Å². The van der Waals surface area contributed by atoms with Crippen LogP contribution in [0.2, 0.25) is 0 Å². The SMILES string of the molecule is CCCCOc1nc(N)c2[nH]c(=O)n(CCCN3CCCC(CC(=O)O)C3)c2n1. The molecule has 0 aromatic carbocycles. The number of fused-ring (bicyclic) bond motifs is 1. The van der Waals surface area contributed by atoms with Crippen molar-refractivity contribution in [2.24, 2.45) is 5.92 Å². The van der Waals surface area contributed by atoms with Crippen LogP contribution in [-0.2, 0) is 11.3 Å². The summed E-state index contributed by atoms with van der Waals surface area (Å²) in [5.74, 6) is -0.339. The third-order valence-electron chi connectivity index (χ3n) is 5.28. The molecular weight excluding hydrogens is 376 g/mol. The number of rotatable bonds is 10. The lowest BCUT2D eigenvalue weighted by Crippen LogP contribution is -2.37. The summed E-state index contributed by atoms with van der Waals surface area (Å²) < 4.78 is 7.12. The largest absolute Gasteiger partial charge is 0.481 e. The van der Waals surface area contributed by atoms with E-state index in [4.69, 9.17) is 15.6 Å². The van der Waals surface area contributed by atoms with Gasteiger partial charge in [-0.1, -0.05) is 13.3 Å². The number of nitrogen functional groups attached to an aromatic ring is 1. The molecule has 1 saturated heterocycles. The van der Waals surface area contributed by atoms with Crippen LogP contribution < -0.4 is 16.2 Å². The molecule has 0 saturated carbocycles. The van der Waals surface area contributed by atoms with Gasteiger partial charge in [0.1, 0.15) is 5.52 Å². The van der Waals surface area contributed by atoms with Gasteiger partial charge in [-0.3, -0.25) is 9.36 Å². The van der Waals surface area contributed by atoms with Crippen LogP contribution in [0.15, 0.2) is 4.79 Å². The van der Waals surface area contributed by atoms with Gasteiger partial charge in [0.25, 0.3) is 0 Å². The second kappa shape index (κ2) is 9.73. The van der Waals surface area contributed by atoms with Gasteiger partial charge in [-0.05, 0) is 44.7 Å². The van der Waals surface area contributed by atoms with E-state index in [2.05, 4.69) is 26.8 Å². The molecule has 29 heavy (non-hydrogen) atoms. The summed E-state index contributed by atoms with van der Waals surface area (Å²) in [5, 5.41) is 9.00. The minimum atomic E-state index is -0.739. The van der Waals surface area contributed by atoms with Gasteiger partial charge in [-0.25, -0.2) is 4.79 Å². The number of aromatic amines is 1. The first-order valence-electron chi connectivity index (χ1n) is 10.3. The summed E-state index contributed by atoms with van der Waals surface area (Å²) in [6.07, 6.45) is 4.82. The van der Waals surface area contributed by atoms with Crippen molar-refractivity contribution in [3.05, 3.63) is 10.5 Å². The summed E-state index contributed by atoms with van der Waals surface area (Å²) in [4.78, 5) is 36.8. The highest BCUT2D eigenvalue weighted by atomic mass is 16.5. The third kappa shape index (κ3) is 5.47. The number of nitrogens with two attached hydrogens (primary N) is 1. The molecule has 4 N–H and O–H groups in total. The number of H-pyrrole nitrogens is 1. The lowest BCUT2D eigenvalue weighted by Gasteiger charge is -2.32. The number of nitrogens with zero attached hydrogens (tertiary/aromatic N) is 4. The van der Waals surface area contributed by atoms with E-state index in [0.29, 0.717) is 24.3 Å². The molecule has 1 atom stereocenters. The van der Waals surface area contributed by atoms with Crippen molar-refractivity contribution in [2.45, 2.75) is 52.0 Å². The van der Waals surface area contributed by atoms with E-state index in [9.17, 15) is 9.59 Å². The van der Waals surface area contributed by atoms with Crippen molar-refractivity contribution in [3.63, 3.8) is 0 Å². The summed E-state index contributed by atoms with van der Waals surface area (Å²) in [6, 6.07) is 0.184. The number of unbranched alkanes of at least 4 members (excludes halogenated alkanes) is 1. The molecule has 2 aromatic heterocycles. The second-order valence-corrected chi connectivity index (χ2v) is 7.63. The van der Waals surface area contributed by atoms with E-state index in [1.807, 2.05) is 0 Å². The molecule has 0 amide bonds. The Bertz CT molecular complexity index is 893. The first kappa shape index (κ1) is 21.1. The predicted octanol–water partition coefficient (Wildman–Crippen LogP) is 1.46. The van der Waals surface area contributed by atoms with Crippen LogP contribution in [0.4, 0.5) is 5.82 Å². The number of imidazole rings is 1. The molecule has 1 aliphatic heterocycles. The van der Waals surface area contributed by atoms with E-state index < -0.39 is 5.97 Å². The third-order valence-corrected chi connectivity index (χ3v) is 5.28. The van der Waals surface area contributed by atoms with Crippen molar-refractivity contribution < 1.29 is 14.6 Å². The fraction of sp³-hybridized carbons (Fsp3) is 0.684. The zero-order valence-corrected chi connectivity index (χ0v) is 16.9. The monoisotopic (exact) mass is 406 g/mol. The van der Waals surface area contributed by atoms with Crippen molar-refractivity contribution in [2.75, 3.05) is 32.0 Å². The van der Waals surface area contributed by atoms with Gasteiger partial charge in [-0.15, -0.1) is 0 Å². The zero-order chi connectivity index (χ0) is 20.8. The summed E-state index contributed by atoms with van der Waals surface area (Å²) in [5.41, 5.74) is 6.59. The van der Waals surface area contributed by atoms with Crippen molar-refractivity contribution in [1.29, 1.82) is 0 Å². The number of anilines is 1. The second-order valence-electron chi connectivity index (χ2n) is 7.63. The fourth-order valence-electron chi connectivity index (χ4n) is 3.83. The number of carbonyl (C=O) groups is 1. The number of likely N-dealkylation sites (tertiary alicyclic amines) is 1. The Kier molecular flexibility index (Phi) is 7.08. The van der Waals surface area contributed by atoms with Gasteiger partial charge in [-0.2, -0.15) is 9.97 Å². The number of hydrogen-bond acceptors (Lipinski definition) is 7. The van der Waals surface area contributed by atoms with E-state index in [1.54, 1.807) is 4.57 Å². The van der Waals surface area contributed by atoms with E-state index in [1.165, 1.54) is 0 Å². The van der Waals surface area contributed by atoms with Gasteiger partial charge < -0.3 is 25.5 Å². The number of nitrogens with one attached hydrogen (secondary N) is 1. The maximum Gasteiger partial charge on any atom is 0.327 e. The Balaban J connectivity index is 1.64. The van der Waals surface area contributed by atoms with Crippen LogP contribution in [0, 0.1) is 5.92 Å². The molecule has 1 fully saturated rings. The average Bonchev–Trinajstić information content (AvgIpc) is 2.98. The van der Waals surface area contributed by atoms with Crippen LogP contribution in [0.25, 0.3) is 11.2 Å². The molecule has 10 heteroatoms. The molecule has 1 unspecified atom stereocenters. The van der Waals surface area contributed by atoms with Crippen LogP contribution in [0.1, 0.15) is 45.4 Å². The lowest BCUT2D eigenvalue weighted by atomic mass is 9.95. The highest BCUT2D eigenvalue weighted by molar-refractivity contribution is 5.81. The number of carboxylic acid groups (broad SMARTS) is 1. The molecule has 0 radical (unpaired) electrons. The highest BCUT2D eigenvalue weighted by Gasteiger charge is 2.22. The summed E-state index contributed by atoms with van der Waals surface area (Å²) in [6.45, 7) is 5.61. The van der Waals surface area contributed by atoms with Crippen LogP contribution in [-0.4, -0.2) is 61.7 Å². The standard InChI is InChI=1S/C19H30N6O4/c1-2-3-10-29-18-22-16(20)15-17(23-18)25(19(28)21-15)9-5-8-24-7-4-6-13(12-24)11-14(26)27/h13H,2-12H2,1H3,(H,21,28)(H,26,27)(H2,20,22,23). The number of hydrogen-bond donors (Lipinski definition) is 3. The van der Waals surface area contributed by atoms with Crippen LogP contribution >= 0.6 is 0 Å². The molecule has 2 aromatic rings. The van der Waals surface area contributed by atoms with Gasteiger partial charge in [0.2, 0.25) is 0 Å². The minimum absolute atomic E-state index is 0.184. The summed E-state index contributed by atoms with van der Waals surface area (Å²) >= 11 is 0. The number of ether oxygens (including phenoxy) is 1. The molecule has 0 bridgehead atoms. The van der Waals surface area contributed by atoms with Crippen LogP contribution in [0.5, 0.6) is 6.01 Å². The van der Waals surface area contributed by atoms with Gasteiger partial charge >= 0.3 is 17.7 Å². The van der Waals surface area contributed by atoms with Gasteiger partial charge in [0.05, 0.1) is 6.61 Å². The van der Waals surface area contributed by atoms with E-state index >= 15 is 0 Å². The van der Waals surface area contributed by atoms with Crippen molar-refractivity contribution >= 4 is 23.0 Å². The summed E-state index contributed by atoms with van der Waals surface area (Å²) in [7, 11) is 0. The highest BCUT2D eigenvalue weighted by Crippen LogP contribution is 2.21. The molecule has 10 nitrogen and oxygen atoms in total. The number of piperidine rings is 1. The number of aryl methyl sites for hydroxylation is 1. The normalized spacial score (nSPS) is 17.6. The molecule has 3 rings (SSSR count). The molecule has 0 spiro atoms. The number of aliphatic carboxylic acids is 1. The molecule has 3 heterocycles. The zero-order valence-electron chi connectivity index (χ0n) is 16.9. The average molecular weight is 406 g/mol. The maximum atomic E-state index is 12.4. The lowest BCUT2D eigenvalue weighted by molar-refractivity contribution is -0.138. The number of aromatic nitrogens is 4. The first-order valence-corrected chi connectivity index (χ1v) is 10.3. The predicted molar refractivity (Wildman–Crippen MR) is 109 cm³/mol. The maximum absolute atomic E-state index is 12.4. The fourth-order valence-corrected chi connectivity index (χ4v) is 3.83. The molecule has 0 aliphatic carbocycles. The number of carboxylic acids is 1. The Morgan fingerprint density at radius 2 is 2.17 bits per heavy atom. The minimum Gasteiger partial charge on any atom is -0.481 e. The molecule has 160 valence electrons. The van der Waals surface area contributed by atoms with Gasteiger partial charge in [0, 0.05) is 19.5 Å². The molecular formula is C19H30N6O4. The Labute approximate surface area is 169 Å². The molecule has 1 aliphatic rings. The van der Waals surface area contributed by atoms with E-state index in [0.717, 1.165) is 51.7 Å². The Hall–Kier alpha value is -2.62. The Morgan fingerprint density at radius 1 is 1.34 bits per heavy atom. The smallest absolute Gasteiger partial charge is 0.327 e. The van der Waals surface area contributed by atoms with Crippen molar-refractivity contribution in [3.8, 4) is 6.01 Å². The van der Waals surface area contributed by atoms with E-state index in [-0.39, 0.29) is 29.9 Å². The Morgan fingerprint density at radius 3 is 2.93 bits per heavy atom. The van der Waals surface area contributed by atoms with Crippen molar-refractivity contribution in [1.82, 2.24) is 24.4 Å². The quantitative estimate of drug-likeness (QED) is 0.504. The first-order chi connectivity index (χ1) is 14.0. The van der Waals surface area contributed by atoms with Crippen LogP contribution in [0.3, 0.4) is 0 Å². The van der Waals surface area contributed by atoms with Gasteiger partial charge in [0.15, 0.2) is 11.5 Å².